The fourth-order valence-electron chi connectivity index (χ4n) is 4.18. The van der Waals surface area contributed by atoms with Crippen LogP contribution < -0.4 is 5.32 Å². The van der Waals surface area contributed by atoms with Crippen molar-refractivity contribution in [3.8, 4) is 0 Å². The zero-order valence-electron chi connectivity index (χ0n) is 15.1. The van der Waals surface area contributed by atoms with Gasteiger partial charge >= 0.3 is 0 Å². The maximum Gasteiger partial charge on any atom is 0.263 e. The zero-order chi connectivity index (χ0) is 17.9. The van der Waals surface area contributed by atoms with Crippen LogP contribution in [0.2, 0.25) is 0 Å². The first kappa shape index (κ1) is 17.9. The molecular formula is C19H27N3O3S. The summed E-state index contributed by atoms with van der Waals surface area (Å²) >= 11 is 1.59. The van der Waals surface area contributed by atoms with E-state index in [2.05, 4.69) is 16.3 Å². The van der Waals surface area contributed by atoms with E-state index in [0.717, 1.165) is 69.9 Å². The molecule has 0 saturated carbocycles. The van der Waals surface area contributed by atoms with Gasteiger partial charge in [-0.3, -0.25) is 14.5 Å². The monoisotopic (exact) mass is 377 g/mol. The molecule has 1 atom stereocenters. The number of carbonyl (C=O) groups excluding carboxylic acids is 2. The fraction of sp³-hybridized carbons (Fsp3) is 0.684. The molecule has 2 amide bonds. The summed E-state index contributed by atoms with van der Waals surface area (Å²) in [6.45, 7) is 4.92. The third kappa shape index (κ3) is 3.94. The molecule has 1 aromatic heterocycles. The molecule has 142 valence electrons. The molecule has 3 aliphatic heterocycles. The van der Waals surface area contributed by atoms with Crippen LogP contribution in [0.4, 0.5) is 0 Å². The van der Waals surface area contributed by atoms with Crippen molar-refractivity contribution in [3.63, 3.8) is 0 Å². The topological polar surface area (TPSA) is 61.9 Å². The van der Waals surface area contributed by atoms with Crippen LogP contribution in [0.5, 0.6) is 0 Å². The lowest BCUT2D eigenvalue weighted by Gasteiger charge is -2.37. The highest BCUT2D eigenvalue weighted by Gasteiger charge is 2.29. The fourth-order valence-corrected chi connectivity index (χ4v) is 5.24. The molecular weight excluding hydrogens is 350 g/mol. The number of carbonyl (C=O) groups is 2. The molecule has 0 spiro atoms. The number of ether oxygens (including phenoxy) is 1. The van der Waals surface area contributed by atoms with Gasteiger partial charge in [0.05, 0.1) is 11.0 Å². The minimum absolute atomic E-state index is 0.153. The Balaban J connectivity index is 1.31. The lowest BCUT2D eigenvalue weighted by Crippen LogP contribution is -2.47. The Bertz CT molecular complexity index is 648. The van der Waals surface area contributed by atoms with E-state index in [0.29, 0.717) is 12.5 Å². The Hall–Kier alpha value is -1.44. The van der Waals surface area contributed by atoms with E-state index in [9.17, 15) is 9.59 Å². The van der Waals surface area contributed by atoms with E-state index in [1.807, 2.05) is 11.0 Å². The van der Waals surface area contributed by atoms with Gasteiger partial charge in [0, 0.05) is 56.7 Å². The van der Waals surface area contributed by atoms with E-state index in [1.54, 1.807) is 11.3 Å². The molecule has 0 unspecified atom stereocenters. The summed E-state index contributed by atoms with van der Waals surface area (Å²) in [5, 5.41) is 2.93. The number of piperidine rings is 1. The molecule has 6 nitrogen and oxygen atoms in total. The first-order valence-corrected chi connectivity index (χ1v) is 10.5. The third-order valence-corrected chi connectivity index (χ3v) is 6.87. The number of thiophene rings is 1. The minimum Gasteiger partial charge on any atom is -0.373 e. The van der Waals surface area contributed by atoms with E-state index < -0.39 is 0 Å². The van der Waals surface area contributed by atoms with Crippen LogP contribution in [0, 0.1) is 0 Å². The van der Waals surface area contributed by atoms with E-state index in [-0.39, 0.29) is 17.9 Å². The molecule has 3 aliphatic rings. The molecule has 7 heteroatoms. The molecule has 26 heavy (non-hydrogen) atoms. The number of rotatable bonds is 3. The van der Waals surface area contributed by atoms with Gasteiger partial charge in [-0.1, -0.05) is 0 Å². The first-order valence-electron chi connectivity index (χ1n) is 9.72. The summed E-state index contributed by atoms with van der Waals surface area (Å²) in [6, 6.07) is 4.50. The maximum absolute atomic E-state index is 12.8. The molecule has 1 N–H and O–H groups in total. The molecule has 0 aliphatic carbocycles. The summed E-state index contributed by atoms with van der Waals surface area (Å²) in [7, 11) is 0. The average Bonchev–Trinajstić information content (AvgIpc) is 3.31. The first-order chi connectivity index (χ1) is 12.7. The highest BCUT2D eigenvalue weighted by atomic mass is 32.1. The van der Waals surface area contributed by atoms with Gasteiger partial charge in [-0.15, -0.1) is 11.3 Å². The van der Waals surface area contributed by atoms with Crippen molar-refractivity contribution in [1.29, 1.82) is 0 Å². The Morgan fingerprint density at radius 2 is 2.00 bits per heavy atom. The summed E-state index contributed by atoms with van der Waals surface area (Å²) in [6.07, 6.45) is 4.92. The average molecular weight is 378 g/mol. The quantitative estimate of drug-likeness (QED) is 0.876. The van der Waals surface area contributed by atoms with Crippen LogP contribution in [-0.4, -0.2) is 67.0 Å². The van der Waals surface area contributed by atoms with Gasteiger partial charge in [-0.05, 0) is 37.8 Å². The molecule has 0 radical (unpaired) electrons. The number of amides is 2. The lowest BCUT2D eigenvalue weighted by atomic mass is 10.0. The molecule has 4 rings (SSSR count). The van der Waals surface area contributed by atoms with E-state index >= 15 is 0 Å². The second kappa shape index (κ2) is 8.06. The summed E-state index contributed by atoms with van der Waals surface area (Å²) in [4.78, 5) is 30.8. The maximum atomic E-state index is 12.8. The molecule has 3 fully saturated rings. The van der Waals surface area contributed by atoms with Crippen LogP contribution in [-0.2, 0) is 9.53 Å². The van der Waals surface area contributed by atoms with Crippen molar-refractivity contribution in [3.05, 3.63) is 21.9 Å². The molecule has 0 bridgehead atoms. The second-order valence-electron chi connectivity index (χ2n) is 7.36. The van der Waals surface area contributed by atoms with Crippen LogP contribution in [0.3, 0.4) is 0 Å². The molecule has 3 saturated heterocycles. The van der Waals surface area contributed by atoms with Crippen molar-refractivity contribution >= 4 is 23.2 Å². The van der Waals surface area contributed by atoms with Crippen LogP contribution in [0.25, 0.3) is 0 Å². The summed E-state index contributed by atoms with van der Waals surface area (Å²) in [5.41, 5.74) is 0. The zero-order valence-corrected chi connectivity index (χ0v) is 15.9. The van der Waals surface area contributed by atoms with Gasteiger partial charge < -0.3 is 15.0 Å². The Morgan fingerprint density at radius 3 is 2.77 bits per heavy atom. The van der Waals surface area contributed by atoms with Gasteiger partial charge in [-0.25, -0.2) is 0 Å². The highest BCUT2D eigenvalue weighted by molar-refractivity contribution is 7.14. The lowest BCUT2D eigenvalue weighted by molar-refractivity contribution is -0.120. The van der Waals surface area contributed by atoms with Gasteiger partial charge in [0.15, 0.2) is 0 Å². The van der Waals surface area contributed by atoms with E-state index in [4.69, 9.17) is 4.74 Å². The van der Waals surface area contributed by atoms with Crippen LogP contribution in [0.15, 0.2) is 12.1 Å². The van der Waals surface area contributed by atoms with Crippen molar-refractivity contribution in [2.45, 2.75) is 44.2 Å². The van der Waals surface area contributed by atoms with Crippen molar-refractivity contribution in [1.82, 2.24) is 15.1 Å². The highest BCUT2D eigenvalue weighted by Crippen LogP contribution is 2.34. The summed E-state index contributed by atoms with van der Waals surface area (Å²) < 4.78 is 5.73. The number of nitrogens with one attached hydrogen (secondary N) is 1. The number of hydrogen-bond acceptors (Lipinski definition) is 5. The second-order valence-corrected chi connectivity index (χ2v) is 8.48. The standard InChI is InChI=1S/C19H27N3O3S/c23-18-7-11-21(12-8-20-18)14-5-9-22(10-6-14)19(24)17-4-3-16(26-17)15-2-1-13-25-15/h3-4,14-15H,1-2,5-13H2,(H,20,23)/t15-/m0/s1. The van der Waals surface area contributed by atoms with Gasteiger partial charge in [-0.2, -0.15) is 0 Å². The molecule has 0 aromatic carbocycles. The van der Waals surface area contributed by atoms with Gasteiger partial charge in [0.1, 0.15) is 0 Å². The van der Waals surface area contributed by atoms with Crippen molar-refractivity contribution < 1.29 is 14.3 Å². The number of nitrogens with zero attached hydrogens (tertiary/aromatic N) is 2. The van der Waals surface area contributed by atoms with Crippen LogP contribution in [0.1, 0.15) is 52.8 Å². The van der Waals surface area contributed by atoms with Crippen LogP contribution >= 0.6 is 11.3 Å². The predicted octanol–water partition coefficient (Wildman–Crippen LogP) is 2.03. The molecule has 4 heterocycles. The predicted molar refractivity (Wildman–Crippen MR) is 100 cm³/mol. The summed E-state index contributed by atoms with van der Waals surface area (Å²) in [5.74, 6) is 0.310. The number of likely N-dealkylation sites (tertiary alicyclic amines) is 1. The largest absolute Gasteiger partial charge is 0.373 e. The Morgan fingerprint density at radius 1 is 1.15 bits per heavy atom. The molecule has 1 aromatic rings. The van der Waals surface area contributed by atoms with E-state index in [1.165, 1.54) is 4.88 Å². The number of hydrogen-bond donors (Lipinski definition) is 1. The minimum atomic E-state index is 0.153. The Kier molecular flexibility index (Phi) is 5.57. The Labute approximate surface area is 158 Å². The van der Waals surface area contributed by atoms with Crippen molar-refractivity contribution in [2.24, 2.45) is 0 Å². The van der Waals surface area contributed by atoms with Gasteiger partial charge in [0.25, 0.3) is 5.91 Å². The third-order valence-electron chi connectivity index (χ3n) is 5.70. The normalized spacial score (nSPS) is 25.9. The van der Waals surface area contributed by atoms with Gasteiger partial charge in [0.2, 0.25) is 5.91 Å². The van der Waals surface area contributed by atoms with Crippen molar-refractivity contribution in [2.75, 3.05) is 39.3 Å². The SMILES string of the molecule is O=C1CCN(C2CCN(C(=O)c3ccc([C@@H]4CCCO4)s3)CC2)CCN1. The smallest absolute Gasteiger partial charge is 0.263 e.